The molecule has 35 heavy (non-hydrogen) atoms. The molecular formula is C22H24N4O8S. The van der Waals surface area contributed by atoms with Crippen molar-refractivity contribution in [2.75, 3.05) is 19.8 Å². The van der Waals surface area contributed by atoms with Crippen molar-refractivity contribution < 1.29 is 37.2 Å². The minimum absolute atomic E-state index is 0.0118. The van der Waals surface area contributed by atoms with Gasteiger partial charge in [-0.1, -0.05) is 18.2 Å². The Labute approximate surface area is 201 Å². The van der Waals surface area contributed by atoms with Gasteiger partial charge in [0.2, 0.25) is 5.96 Å². The Morgan fingerprint density at radius 2 is 1.83 bits per heavy atom. The molecule has 0 radical (unpaired) electrons. The second-order valence-electron chi connectivity index (χ2n) is 7.20. The maximum Gasteiger partial charge on any atom is 0.356 e. The van der Waals surface area contributed by atoms with Gasteiger partial charge < -0.3 is 24.9 Å². The molecule has 2 aromatic carbocycles. The van der Waals surface area contributed by atoms with E-state index in [-0.39, 0.29) is 36.3 Å². The average Bonchev–Trinajstić information content (AvgIpc) is 2.82. The summed E-state index contributed by atoms with van der Waals surface area (Å²) in [5.74, 6) is -1.59. The summed E-state index contributed by atoms with van der Waals surface area (Å²) in [7, 11) is -4.26. The van der Waals surface area contributed by atoms with Gasteiger partial charge in [-0.05, 0) is 35.9 Å². The second kappa shape index (κ2) is 11.5. The number of para-hydroxylation sites is 1. The van der Waals surface area contributed by atoms with E-state index in [1.807, 2.05) is 12.1 Å². The van der Waals surface area contributed by atoms with Crippen LogP contribution >= 0.6 is 0 Å². The zero-order valence-electron chi connectivity index (χ0n) is 18.5. The zero-order valence-corrected chi connectivity index (χ0v) is 19.3. The summed E-state index contributed by atoms with van der Waals surface area (Å²) in [5, 5.41) is 26.9. The van der Waals surface area contributed by atoms with E-state index < -0.39 is 28.6 Å². The van der Waals surface area contributed by atoms with Crippen LogP contribution in [0.15, 0.2) is 59.6 Å². The topological polar surface area (TPSA) is 185 Å². The number of hydrogen-bond acceptors (Lipinski definition) is 9. The minimum atomic E-state index is -4.26. The third-order valence-corrected chi connectivity index (χ3v) is 5.66. The van der Waals surface area contributed by atoms with Crippen molar-refractivity contribution in [3.63, 3.8) is 0 Å². The van der Waals surface area contributed by atoms with E-state index in [1.54, 1.807) is 18.2 Å². The first kappa shape index (κ1) is 25.7. The highest BCUT2D eigenvalue weighted by molar-refractivity contribution is 7.87. The van der Waals surface area contributed by atoms with Gasteiger partial charge in [-0.25, -0.2) is 10.0 Å². The maximum absolute atomic E-state index is 12.8. The van der Waals surface area contributed by atoms with Crippen LogP contribution in [0.5, 0.6) is 11.5 Å². The van der Waals surface area contributed by atoms with Crippen molar-refractivity contribution in [2.24, 2.45) is 5.73 Å². The molecule has 0 aliphatic rings. The molecule has 0 saturated carbocycles. The Bertz CT molecular complexity index is 1320. The number of carbonyl (C=O) groups is 1. The monoisotopic (exact) mass is 504 g/mol. The molecule has 1 heterocycles. The average molecular weight is 505 g/mol. The van der Waals surface area contributed by atoms with Gasteiger partial charge in [0.05, 0.1) is 25.3 Å². The first-order chi connectivity index (χ1) is 16.7. The van der Waals surface area contributed by atoms with E-state index in [2.05, 4.69) is 4.98 Å². The van der Waals surface area contributed by atoms with Gasteiger partial charge in [-0.2, -0.15) is 8.42 Å². The molecule has 0 saturated heterocycles. The molecule has 0 atom stereocenters. The third kappa shape index (κ3) is 7.27. The van der Waals surface area contributed by atoms with E-state index in [0.29, 0.717) is 17.5 Å². The fraction of sp³-hybridized carbons (Fsp3) is 0.227. The number of aliphatic hydroxyl groups excluding tert-OH is 1. The first-order valence-corrected chi connectivity index (χ1v) is 11.7. The molecular weight excluding hydrogens is 480 g/mol. The summed E-state index contributed by atoms with van der Waals surface area (Å²) in [6.45, 7) is -0.853. The van der Waals surface area contributed by atoms with Crippen LogP contribution in [0.4, 0.5) is 0 Å². The summed E-state index contributed by atoms with van der Waals surface area (Å²) < 4.78 is 36.4. The number of carboxylic acid groups (broad SMARTS) is 1. The van der Waals surface area contributed by atoms with Gasteiger partial charge in [0.15, 0.2) is 5.03 Å². The SMILES string of the molecule is N=C(N)N(CC(=O)O)OCCCOc1cc(CO)cc(OS(=O)(=O)c2ccc3ccccc3n2)c1. The van der Waals surface area contributed by atoms with E-state index in [9.17, 15) is 18.3 Å². The number of pyridine rings is 1. The fourth-order valence-electron chi connectivity index (χ4n) is 2.96. The summed E-state index contributed by atoms with van der Waals surface area (Å²) in [5.41, 5.74) is 6.12. The Morgan fingerprint density at radius 3 is 2.54 bits per heavy atom. The molecule has 0 aliphatic carbocycles. The Balaban J connectivity index is 1.64. The molecule has 0 amide bonds. The quantitative estimate of drug-likeness (QED) is 0.0920. The van der Waals surface area contributed by atoms with Gasteiger partial charge in [-0.15, -0.1) is 0 Å². The number of nitrogens with two attached hydrogens (primary N) is 1. The van der Waals surface area contributed by atoms with E-state index in [4.69, 9.17) is 30.0 Å². The van der Waals surface area contributed by atoms with Gasteiger partial charge in [-0.3, -0.25) is 15.0 Å². The van der Waals surface area contributed by atoms with Gasteiger partial charge in [0.25, 0.3) is 0 Å². The molecule has 13 heteroatoms. The number of hydrogen-bond donors (Lipinski definition) is 4. The number of hydroxylamine groups is 2. The molecule has 0 aliphatic heterocycles. The lowest BCUT2D eigenvalue weighted by Crippen LogP contribution is -2.40. The lowest BCUT2D eigenvalue weighted by atomic mass is 10.2. The predicted octanol–water partition coefficient (Wildman–Crippen LogP) is 1.48. The number of rotatable bonds is 12. The van der Waals surface area contributed by atoms with Crippen LogP contribution in [-0.2, 0) is 26.4 Å². The summed E-state index contributed by atoms with van der Waals surface area (Å²) in [6, 6.07) is 14.3. The largest absolute Gasteiger partial charge is 0.493 e. The number of aromatic nitrogens is 1. The minimum Gasteiger partial charge on any atom is -0.493 e. The molecule has 0 fully saturated rings. The van der Waals surface area contributed by atoms with Crippen LogP contribution in [0.3, 0.4) is 0 Å². The number of fused-ring (bicyclic) bond motifs is 1. The van der Waals surface area contributed by atoms with E-state index >= 15 is 0 Å². The standard InChI is InChI=1S/C22H24N4O8S/c23-22(24)26(13-21(28)29)33-9-3-8-32-17-10-15(14-27)11-18(12-17)34-35(30,31)20-7-6-16-4-1-2-5-19(16)25-20/h1-2,4-7,10-12,27H,3,8-9,13-14H2,(H3,23,24)(H,28,29). The molecule has 0 unspecified atom stereocenters. The molecule has 186 valence electrons. The zero-order chi connectivity index (χ0) is 25.4. The van der Waals surface area contributed by atoms with Gasteiger partial charge in [0, 0.05) is 17.9 Å². The highest BCUT2D eigenvalue weighted by Gasteiger charge is 2.20. The lowest BCUT2D eigenvalue weighted by Gasteiger charge is -2.19. The van der Waals surface area contributed by atoms with Crippen molar-refractivity contribution >= 4 is 32.9 Å². The van der Waals surface area contributed by atoms with Gasteiger partial charge in [0.1, 0.15) is 18.0 Å². The van der Waals surface area contributed by atoms with Crippen LogP contribution in [0.1, 0.15) is 12.0 Å². The van der Waals surface area contributed by atoms with Crippen molar-refractivity contribution in [3.8, 4) is 11.5 Å². The van der Waals surface area contributed by atoms with Crippen LogP contribution in [0.2, 0.25) is 0 Å². The highest BCUT2D eigenvalue weighted by atomic mass is 32.2. The number of benzene rings is 2. The predicted molar refractivity (Wildman–Crippen MR) is 124 cm³/mol. The maximum atomic E-state index is 12.8. The molecule has 3 rings (SSSR count). The molecule has 1 aromatic heterocycles. The number of ether oxygens (including phenoxy) is 1. The second-order valence-corrected chi connectivity index (χ2v) is 8.69. The van der Waals surface area contributed by atoms with Crippen LogP contribution in [0, 0.1) is 5.41 Å². The van der Waals surface area contributed by atoms with Crippen molar-refractivity contribution in [1.82, 2.24) is 10.0 Å². The number of nitrogens with zero attached hydrogens (tertiary/aromatic N) is 2. The number of guanidine groups is 1. The molecule has 12 nitrogen and oxygen atoms in total. The summed E-state index contributed by atoms with van der Waals surface area (Å²) in [4.78, 5) is 20.0. The van der Waals surface area contributed by atoms with E-state index in [0.717, 1.165) is 10.4 Å². The van der Waals surface area contributed by atoms with Crippen molar-refractivity contribution in [3.05, 3.63) is 60.2 Å². The lowest BCUT2D eigenvalue weighted by molar-refractivity contribution is -0.153. The Kier molecular flexibility index (Phi) is 8.41. The number of aliphatic carboxylic acids is 1. The smallest absolute Gasteiger partial charge is 0.356 e. The Hall–Kier alpha value is -3.94. The number of nitrogens with one attached hydrogen (secondary N) is 1. The fourth-order valence-corrected chi connectivity index (χ4v) is 3.84. The molecule has 0 spiro atoms. The molecule has 0 bridgehead atoms. The normalized spacial score (nSPS) is 11.2. The molecule has 3 aromatic rings. The third-order valence-electron chi connectivity index (χ3n) is 4.51. The van der Waals surface area contributed by atoms with Crippen LogP contribution in [-0.4, -0.2) is 60.4 Å². The molecule has 5 N–H and O–H groups in total. The summed E-state index contributed by atoms with van der Waals surface area (Å²) >= 11 is 0. The van der Waals surface area contributed by atoms with Crippen LogP contribution < -0.4 is 14.7 Å². The van der Waals surface area contributed by atoms with Crippen molar-refractivity contribution in [2.45, 2.75) is 18.1 Å². The number of carboxylic acids is 1. The highest BCUT2D eigenvalue weighted by Crippen LogP contribution is 2.26. The van der Waals surface area contributed by atoms with Gasteiger partial charge >= 0.3 is 16.1 Å². The summed E-state index contributed by atoms with van der Waals surface area (Å²) in [6.07, 6.45) is 0.294. The Morgan fingerprint density at radius 1 is 1.09 bits per heavy atom. The van der Waals surface area contributed by atoms with Crippen molar-refractivity contribution in [1.29, 1.82) is 5.41 Å². The van der Waals surface area contributed by atoms with E-state index in [1.165, 1.54) is 24.3 Å². The van der Waals surface area contributed by atoms with Crippen LogP contribution in [0.25, 0.3) is 10.9 Å². The first-order valence-electron chi connectivity index (χ1n) is 10.3. The number of aliphatic hydroxyl groups is 1.